The molecular formula is C24H19ClN2O4S. The van der Waals surface area contributed by atoms with Crippen LogP contribution >= 0.6 is 11.6 Å². The maximum atomic E-state index is 12.4. The topological polar surface area (TPSA) is 87.5 Å². The number of benzene rings is 3. The molecule has 8 heteroatoms. The average Bonchev–Trinajstić information content (AvgIpc) is 2.78. The molecule has 3 rings (SSSR count). The molecule has 0 saturated carbocycles. The van der Waals surface area contributed by atoms with Crippen molar-refractivity contribution >= 4 is 39.2 Å². The molecule has 32 heavy (non-hydrogen) atoms. The molecule has 3 aromatic carbocycles. The molecule has 0 atom stereocenters. The van der Waals surface area contributed by atoms with E-state index < -0.39 is 16.0 Å². The average molecular weight is 467 g/mol. The number of ether oxygens (including phenoxy) is 1. The Labute approximate surface area is 192 Å². The van der Waals surface area contributed by atoms with Gasteiger partial charge in [0.2, 0.25) is 10.0 Å². The number of esters is 1. The molecule has 0 saturated heterocycles. The number of sulfonamides is 1. The fourth-order valence-electron chi connectivity index (χ4n) is 2.77. The molecule has 6 nitrogen and oxygen atoms in total. The third kappa shape index (κ3) is 5.42. The van der Waals surface area contributed by atoms with Crippen molar-refractivity contribution in [1.29, 1.82) is 5.26 Å². The number of halogens is 1. The monoisotopic (exact) mass is 466 g/mol. The van der Waals surface area contributed by atoms with E-state index >= 15 is 0 Å². The quantitative estimate of drug-likeness (QED) is 0.224. The van der Waals surface area contributed by atoms with E-state index in [1.807, 2.05) is 0 Å². The van der Waals surface area contributed by atoms with Gasteiger partial charge in [-0.05, 0) is 65.7 Å². The summed E-state index contributed by atoms with van der Waals surface area (Å²) in [4.78, 5) is 12.5. The number of carbonyl (C=O) groups excluding carboxylic acids is 1. The van der Waals surface area contributed by atoms with Crippen LogP contribution in [-0.2, 0) is 10.0 Å². The van der Waals surface area contributed by atoms with E-state index in [1.54, 1.807) is 54.6 Å². The lowest BCUT2D eigenvalue weighted by Crippen LogP contribution is -2.22. The minimum atomic E-state index is -3.57. The Bertz CT molecular complexity index is 1310. The van der Waals surface area contributed by atoms with Gasteiger partial charge >= 0.3 is 5.97 Å². The number of rotatable bonds is 6. The molecule has 0 fully saturated rings. The van der Waals surface area contributed by atoms with Crippen molar-refractivity contribution in [3.05, 3.63) is 94.5 Å². The first-order valence-electron chi connectivity index (χ1n) is 9.43. The third-order valence-electron chi connectivity index (χ3n) is 4.53. The number of nitrogens with zero attached hydrogens (tertiary/aromatic N) is 2. The van der Waals surface area contributed by atoms with Gasteiger partial charge in [0.1, 0.15) is 5.75 Å². The summed E-state index contributed by atoms with van der Waals surface area (Å²) in [6.45, 7) is 0. The molecular weight excluding hydrogens is 448 g/mol. The Hall–Kier alpha value is -3.44. The van der Waals surface area contributed by atoms with E-state index in [0.29, 0.717) is 21.9 Å². The summed E-state index contributed by atoms with van der Waals surface area (Å²) in [5, 5.41) is 10.0. The van der Waals surface area contributed by atoms with Crippen LogP contribution < -0.4 is 4.74 Å². The van der Waals surface area contributed by atoms with Crippen molar-refractivity contribution < 1.29 is 17.9 Å². The maximum Gasteiger partial charge on any atom is 0.343 e. The normalized spacial score (nSPS) is 11.8. The minimum Gasteiger partial charge on any atom is -0.423 e. The lowest BCUT2D eigenvalue weighted by Gasteiger charge is -2.11. The molecule has 0 aliphatic carbocycles. The minimum absolute atomic E-state index is 0.0863. The summed E-state index contributed by atoms with van der Waals surface area (Å²) < 4.78 is 30.7. The molecule has 0 bridgehead atoms. The van der Waals surface area contributed by atoms with Gasteiger partial charge in [0, 0.05) is 19.1 Å². The Morgan fingerprint density at radius 3 is 2.22 bits per heavy atom. The molecule has 0 radical (unpaired) electrons. The second-order valence-corrected chi connectivity index (χ2v) is 9.54. The van der Waals surface area contributed by atoms with Crippen molar-refractivity contribution in [2.45, 2.75) is 4.90 Å². The molecule has 0 heterocycles. The number of nitriles is 1. The van der Waals surface area contributed by atoms with E-state index in [-0.39, 0.29) is 10.5 Å². The van der Waals surface area contributed by atoms with Crippen molar-refractivity contribution in [2.75, 3.05) is 14.1 Å². The van der Waals surface area contributed by atoms with Crippen LogP contribution in [0.1, 0.15) is 21.5 Å². The summed E-state index contributed by atoms with van der Waals surface area (Å²) >= 11 is 6.00. The highest BCUT2D eigenvalue weighted by Crippen LogP contribution is 2.23. The predicted octanol–water partition coefficient (Wildman–Crippen LogP) is 4.87. The number of allylic oxidation sites excluding steroid dienone is 1. The van der Waals surface area contributed by atoms with Crippen LogP contribution in [0.2, 0.25) is 5.02 Å². The largest absolute Gasteiger partial charge is 0.423 e. The van der Waals surface area contributed by atoms with Crippen LogP contribution in [0.15, 0.2) is 77.7 Å². The van der Waals surface area contributed by atoms with Crippen molar-refractivity contribution in [2.24, 2.45) is 0 Å². The van der Waals surface area contributed by atoms with Gasteiger partial charge in [0.05, 0.1) is 22.1 Å². The predicted molar refractivity (Wildman–Crippen MR) is 124 cm³/mol. The Morgan fingerprint density at radius 1 is 1.00 bits per heavy atom. The third-order valence-corrected chi connectivity index (χ3v) is 6.59. The van der Waals surface area contributed by atoms with Crippen molar-refractivity contribution in [1.82, 2.24) is 4.31 Å². The fraction of sp³-hybridized carbons (Fsp3) is 0.0833. The molecule has 0 unspecified atom stereocenters. The Morgan fingerprint density at radius 2 is 1.66 bits per heavy atom. The highest BCUT2D eigenvalue weighted by atomic mass is 35.5. The highest BCUT2D eigenvalue weighted by Gasteiger charge is 2.18. The standard InChI is InChI=1S/C24H19ClN2O4S/c1-27(2)32(29,30)23-12-8-18(9-13-23)24(28)31-22-10-6-17(7-11-22)14-20(16-26)19-4-3-5-21(25)15-19/h3-15H,1-2H3/b20-14-. The number of hydrogen-bond acceptors (Lipinski definition) is 5. The summed E-state index contributed by atoms with van der Waals surface area (Å²) in [6.07, 6.45) is 1.71. The van der Waals surface area contributed by atoms with Crippen molar-refractivity contribution in [3.63, 3.8) is 0 Å². The Balaban J connectivity index is 1.73. The van der Waals surface area contributed by atoms with Crippen molar-refractivity contribution in [3.8, 4) is 11.8 Å². The molecule has 0 aliphatic rings. The van der Waals surface area contributed by atoms with Crippen LogP contribution in [0, 0.1) is 11.3 Å². The Kier molecular flexibility index (Phi) is 7.11. The molecule has 0 aromatic heterocycles. The first-order chi connectivity index (χ1) is 15.2. The first-order valence-corrected chi connectivity index (χ1v) is 11.2. The second-order valence-electron chi connectivity index (χ2n) is 6.95. The van der Waals surface area contributed by atoms with Crippen LogP contribution in [-0.4, -0.2) is 32.8 Å². The van der Waals surface area contributed by atoms with Gasteiger partial charge in [-0.1, -0.05) is 35.9 Å². The second kappa shape index (κ2) is 9.79. The van der Waals surface area contributed by atoms with E-state index in [4.69, 9.17) is 16.3 Å². The smallest absolute Gasteiger partial charge is 0.343 e. The number of hydrogen-bond donors (Lipinski definition) is 0. The zero-order valence-corrected chi connectivity index (χ0v) is 18.9. The molecule has 0 spiro atoms. The summed E-state index contributed by atoms with van der Waals surface area (Å²) in [7, 11) is -0.701. The van der Waals surface area contributed by atoms with E-state index in [0.717, 1.165) is 9.87 Å². The van der Waals surface area contributed by atoms with E-state index in [1.165, 1.54) is 38.4 Å². The van der Waals surface area contributed by atoms with Crippen LogP contribution in [0.25, 0.3) is 11.6 Å². The number of carbonyl (C=O) groups is 1. The van der Waals surface area contributed by atoms with Crippen LogP contribution in [0.4, 0.5) is 0 Å². The summed E-state index contributed by atoms with van der Waals surface area (Å²) in [5.41, 5.74) is 2.12. The van der Waals surface area contributed by atoms with E-state index in [2.05, 4.69) is 6.07 Å². The van der Waals surface area contributed by atoms with Crippen LogP contribution in [0.3, 0.4) is 0 Å². The van der Waals surface area contributed by atoms with Gasteiger partial charge in [0.15, 0.2) is 0 Å². The molecule has 162 valence electrons. The zero-order valence-electron chi connectivity index (χ0n) is 17.3. The molecule has 0 N–H and O–H groups in total. The first kappa shape index (κ1) is 23.2. The fourth-order valence-corrected chi connectivity index (χ4v) is 3.87. The summed E-state index contributed by atoms with van der Waals surface area (Å²) in [6, 6.07) is 21.4. The van der Waals surface area contributed by atoms with Gasteiger partial charge in [-0.15, -0.1) is 0 Å². The van der Waals surface area contributed by atoms with Gasteiger partial charge < -0.3 is 4.74 Å². The lowest BCUT2D eigenvalue weighted by molar-refractivity contribution is 0.0734. The van der Waals surface area contributed by atoms with Gasteiger partial charge in [-0.25, -0.2) is 17.5 Å². The summed E-state index contributed by atoms with van der Waals surface area (Å²) in [5.74, 6) is -0.294. The SMILES string of the molecule is CN(C)S(=O)(=O)c1ccc(C(=O)Oc2ccc(/C=C(/C#N)c3cccc(Cl)c3)cc2)cc1. The van der Waals surface area contributed by atoms with Crippen LogP contribution in [0.5, 0.6) is 5.75 Å². The van der Waals surface area contributed by atoms with E-state index in [9.17, 15) is 18.5 Å². The zero-order chi connectivity index (χ0) is 23.3. The van der Waals surface area contributed by atoms with Gasteiger partial charge in [-0.3, -0.25) is 0 Å². The highest BCUT2D eigenvalue weighted by molar-refractivity contribution is 7.89. The molecule has 0 aliphatic heterocycles. The van der Waals surface area contributed by atoms with Gasteiger partial charge in [-0.2, -0.15) is 5.26 Å². The molecule has 0 amide bonds. The maximum absolute atomic E-state index is 12.4. The van der Waals surface area contributed by atoms with Gasteiger partial charge in [0.25, 0.3) is 0 Å². The lowest BCUT2D eigenvalue weighted by atomic mass is 10.0. The molecule has 3 aromatic rings.